The maximum absolute atomic E-state index is 13.8. The summed E-state index contributed by atoms with van der Waals surface area (Å²) in [6.07, 6.45) is -3.72. The second kappa shape index (κ2) is 15.6. The number of methoxy groups -OCH3 is 1. The van der Waals surface area contributed by atoms with E-state index in [2.05, 4.69) is 20.9 Å². The van der Waals surface area contributed by atoms with Gasteiger partial charge in [-0.1, -0.05) is 40.2 Å². The van der Waals surface area contributed by atoms with Crippen LogP contribution in [0.2, 0.25) is 0 Å². The van der Waals surface area contributed by atoms with Crippen LogP contribution in [-0.4, -0.2) is 103 Å². The fourth-order valence-electron chi connectivity index (χ4n) is 4.61. The smallest absolute Gasteiger partial charge is 0.497 e. The minimum Gasteiger partial charge on any atom is -0.497 e. The van der Waals surface area contributed by atoms with E-state index in [1.165, 1.54) is 78.4 Å². The van der Waals surface area contributed by atoms with Gasteiger partial charge < -0.3 is 28.9 Å². The Balaban J connectivity index is 2.15. The molecule has 51 heavy (non-hydrogen) atoms. The van der Waals surface area contributed by atoms with Crippen LogP contribution in [0, 0.1) is 0 Å². The molecule has 0 spiro atoms. The molecule has 19 heteroatoms. The lowest BCUT2D eigenvalue weighted by molar-refractivity contribution is -0.0563. The minimum atomic E-state index is -6.06. The van der Waals surface area contributed by atoms with Gasteiger partial charge in [0.25, 0.3) is 0 Å². The molecule has 1 atom stereocenters. The highest BCUT2D eigenvalue weighted by Crippen LogP contribution is 2.38. The zero-order valence-corrected chi connectivity index (χ0v) is 32.0. The number of benzene rings is 2. The van der Waals surface area contributed by atoms with Crippen LogP contribution in [0.1, 0.15) is 64.3 Å². The first kappa shape index (κ1) is 41.3. The third kappa shape index (κ3) is 11.2. The van der Waals surface area contributed by atoms with E-state index in [0.29, 0.717) is 11.3 Å². The van der Waals surface area contributed by atoms with Gasteiger partial charge in [0.1, 0.15) is 23.1 Å². The quantitative estimate of drug-likeness (QED) is 0.129. The van der Waals surface area contributed by atoms with Crippen molar-refractivity contribution in [2.75, 3.05) is 34.5 Å². The third-order valence-corrected chi connectivity index (χ3v) is 8.45. The van der Waals surface area contributed by atoms with Crippen molar-refractivity contribution < 1.29 is 54.4 Å². The van der Waals surface area contributed by atoms with Crippen molar-refractivity contribution >= 4 is 50.2 Å². The summed E-state index contributed by atoms with van der Waals surface area (Å²) in [7, 11) is -1.64. The minimum absolute atomic E-state index is 0.000924. The van der Waals surface area contributed by atoms with Gasteiger partial charge in [-0.05, 0) is 70.9 Å². The van der Waals surface area contributed by atoms with Gasteiger partial charge in [-0.15, -0.1) is 4.99 Å². The number of alkyl halides is 3. The van der Waals surface area contributed by atoms with E-state index in [1.54, 1.807) is 41.5 Å². The Morgan fingerprint density at radius 2 is 1.49 bits per heavy atom. The molecule has 1 saturated heterocycles. The van der Waals surface area contributed by atoms with Gasteiger partial charge in [-0.25, -0.2) is 19.3 Å². The molecule has 0 aliphatic carbocycles. The topological polar surface area (TPSA) is 148 Å². The standard InChI is InChI=1S/C32H41BrF3N5O9S/c1-30(2,3)48-27(42)37-26(40-18-38(7)28(43)39(8)19-40)41(29(44)49-31(4,5)6)17-20-10-15-23(24(33)16-20)25(50-51(45,46)32(34,35)36)21-11-13-22(47-9)14-12-21/h10-16,25H,17-19H2,1-9H3/b37-26+/t25-/m1/s1. The highest BCUT2D eigenvalue weighted by molar-refractivity contribution is 9.10. The summed E-state index contributed by atoms with van der Waals surface area (Å²) in [5.74, 6) is 0.146. The molecule has 1 aliphatic heterocycles. The molecule has 0 unspecified atom stereocenters. The van der Waals surface area contributed by atoms with Gasteiger partial charge in [-0.2, -0.15) is 21.6 Å². The van der Waals surface area contributed by atoms with Crippen molar-refractivity contribution in [1.82, 2.24) is 19.6 Å². The molecule has 3 rings (SSSR count). The molecule has 1 fully saturated rings. The summed E-state index contributed by atoms with van der Waals surface area (Å²) in [5, 5.41) is 0. The third-order valence-electron chi connectivity index (χ3n) is 6.75. The molecule has 0 saturated carbocycles. The van der Waals surface area contributed by atoms with Crippen LogP contribution in [0.3, 0.4) is 0 Å². The maximum Gasteiger partial charge on any atom is 0.523 e. The highest BCUT2D eigenvalue weighted by atomic mass is 79.9. The molecule has 0 bridgehead atoms. The molecule has 1 heterocycles. The number of amides is 4. The molecule has 1 aliphatic rings. The monoisotopic (exact) mass is 807 g/mol. The van der Waals surface area contributed by atoms with Gasteiger partial charge in [0.15, 0.2) is 0 Å². The van der Waals surface area contributed by atoms with Gasteiger partial charge in [0.05, 0.1) is 27.0 Å². The van der Waals surface area contributed by atoms with Crippen molar-refractivity contribution in [1.29, 1.82) is 0 Å². The number of carbonyl (C=O) groups excluding carboxylic acids is 3. The van der Waals surface area contributed by atoms with E-state index in [0.717, 1.165) is 4.90 Å². The first-order valence-electron chi connectivity index (χ1n) is 15.3. The van der Waals surface area contributed by atoms with Crippen molar-refractivity contribution in [3.05, 3.63) is 63.6 Å². The molecule has 2 aromatic rings. The predicted molar refractivity (Wildman–Crippen MR) is 183 cm³/mol. The average molecular weight is 809 g/mol. The lowest BCUT2D eigenvalue weighted by Crippen LogP contribution is -2.60. The first-order valence-corrected chi connectivity index (χ1v) is 17.5. The van der Waals surface area contributed by atoms with Crippen LogP contribution in [0.5, 0.6) is 5.75 Å². The van der Waals surface area contributed by atoms with Crippen molar-refractivity contribution in [3.63, 3.8) is 0 Å². The number of ether oxygens (including phenoxy) is 3. The van der Waals surface area contributed by atoms with Crippen LogP contribution in [0.4, 0.5) is 27.6 Å². The molecule has 0 aromatic heterocycles. The summed E-state index contributed by atoms with van der Waals surface area (Å²) in [4.78, 5) is 48.8. The largest absolute Gasteiger partial charge is 0.523 e. The van der Waals surface area contributed by atoms with E-state index >= 15 is 0 Å². The van der Waals surface area contributed by atoms with Crippen molar-refractivity contribution in [2.45, 2.75) is 70.9 Å². The summed E-state index contributed by atoms with van der Waals surface area (Å²) >= 11 is 3.34. The Hall–Kier alpha value is -4.10. The molecular formula is C32H41BrF3N5O9S. The Bertz CT molecular complexity index is 1730. The lowest BCUT2D eigenvalue weighted by Gasteiger charge is -2.42. The Labute approximate surface area is 303 Å². The zero-order valence-electron chi connectivity index (χ0n) is 29.6. The highest BCUT2D eigenvalue weighted by Gasteiger charge is 2.49. The van der Waals surface area contributed by atoms with Gasteiger partial charge in [-0.3, -0.25) is 4.18 Å². The SMILES string of the molecule is COc1ccc([C@@H](OS(=O)(=O)C(F)(F)F)c2ccc(CN(C(=O)OC(C)(C)C)/C(=N/C(=O)OC(C)(C)C)N3CN(C)C(=O)N(C)C3)cc2Br)cc1. The van der Waals surface area contributed by atoms with E-state index in [4.69, 9.17) is 18.4 Å². The molecule has 14 nitrogen and oxygen atoms in total. The van der Waals surface area contributed by atoms with Crippen LogP contribution in [-0.2, 0) is 30.3 Å². The molecule has 2 aromatic carbocycles. The van der Waals surface area contributed by atoms with Gasteiger partial charge >= 0.3 is 33.8 Å². The Kier molecular flexibility index (Phi) is 12.7. The molecule has 0 N–H and O–H groups in total. The molecule has 0 radical (unpaired) electrons. The van der Waals surface area contributed by atoms with Crippen LogP contribution < -0.4 is 4.74 Å². The average Bonchev–Trinajstić information content (AvgIpc) is 2.98. The number of hydrogen-bond acceptors (Lipinski definition) is 9. The van der Waals surface area contributed by atoms with Crippen molar-refractivity contribution in [2.24, 2.45) is 4.99 Å². The number of halogens is 4. The lowest BCUT2D eigenvalue weighted by atomic mass is 10.00. The summed E-state index contributed by atoms with van der Waals surface area (Å²) in [5.41, 5.74) is -7.25. The number of aliphatic imine (C=N–C) groups is 1. The second-order valence-corrected chi connectivity index (χ2v) is 15.9. The second-order valence-electron chi connectivity index (χ2n) is 13.5. The van der Waals surface area contributed by atoms with E-state index < -0.39 is 45.1 Å². The molecule has 4 amide bonds. The number of nitrogens with zero attached hydrogens (tertiary/aromatic N) is 5. The number of carbonyl (C=O) groups is 3. The van der Waals surface area contributed by atoms with Gasteiger partial charge in [0, 0.05) is 24.1 Å². The summed E-state index contributed by atoms with van der Waals surface area (Å²) in [6, 6.07) is 9.46. The Morgan fingerprint density at radius 3 is 1.96 bits per heavy atom. The van der Waals surface area contributed by atoms with Crippen LogP contribution in [0.25, 0.3) is 0 Å². The summed E-state index contributed by atoms with van der Waals surface area (Å²) in [6.45, 7) is 9.32. The first-order chi connectivity index (χ1) is 23.3. The maximum atomic E-state index is 13.8. The van der Waals surface area contributed by atoms with E-state index in [9.17, 15) is 36.0 Å². The van der Waals surface area contributed by atoms with Crippen molar-refractivity contribution in [3.8, 4) is 5.75 Å². The van der Waals surface area contributed by atoms with Crippen LogP contribution >= 0.6 is 15.9 Å². The number of hydrogen-bond donors (Lipinski definition) is 0. The number of guanidine groups is 1. The Morgan fingerprint density at radius 1 is 0.941 bits per heavy atom. The normalized spacial score (nSPS) is 15.4. The number of rotatable bonds is 7. The van der Waals surface area contributed by atoms with Gasteiger partial charge in [0.2, 0.25) is 5.96 Å². The van der Waals surface area contributed by atoms with E-state index in [1.807, 2.05) is 0 Å². The fraction of sp³-hybridized carbons (Fsp3) is 0.500. The number of urea groups is 1. The molecular weight excluding hydrogens is 767 g/mol. The van der Waals surface area contributed by atoms with E-state index in [-0.39, 0.29) is 47.5 Å². The zero-order chi connectivity index (χ0) is 38.7. The molecule has 282 valence electrons. The van der Waals surface area contributed by atoms with Crippen LogP contribution in [0.15, 0.2) is 51.9 Å². The predicted octanol–water partition coefficient (Wildman–Crippen LogP) is 6.66. The summed E-state index contributed by atoms with van der Waals surface area (Å²) < 4.78 is 85.8. The fourth-order valence-corrected chi connectivity index (χ4v) is 5.82.